The Morgan fingerprint density at radius 1 is 0.594 bits per heavy atom. The Bertz CT molecular complexity index is 1110. The largest absolute Gasteiger partial charge is 0.323 e. The van der Waals surface area contributed by atoms with Crippen molar-refractivity contribution in [2.45, 2.75) is 0 Å². The second-order valence-corrected chi connectivity index (χ2v) is 8.24. The van der Waals surface area contributed by atoms with Gasteiger partial charge in [-0.3, -0.25) is 9.59 Å². The molecule has 3 rings (SSSR count). The van der Waals surface area contributed by atoms with E-state index in [2.05, 4.69) is 10.6 Å². The van der Waals surface area contributed by atoms with Crippen LogP contribution in [0.4, 0.5) is 11.4 Å². The van der Waals surface area contributed by atoms with Gasteiger partial charge in [-0.05, 0) is 71.8 Å². The van der Waals surface area contributed by atoms with Crippen LogP contribution in [-0.2, 0) is 9.59 Å². The van der Waals surface area contributed by atoms with E-state index in [0.29, 0.717) is 42.6 Å². The highest BCUT2D eigenvalue weighted by Gasteiger charge is 2.03. The molecule has 0 aliphatic rings. The number of carbonyl (C=O) groups excluding carboxylic acids is 2. The molecule has 0 unspecified atom stereocenters. The van der Waals surface area contributed by atoms with Crippen LogP contribution in [0.25, 0.3) is 12.2 Å². The summed E-state index contributed by atoms with van der Waals surface area (Å²) in [6, 6.07) is 16.7. The summed E-state index contributed by atoms with van der Waals surface area (Å²) in [5.74, 6) is -0.647. The fourth-order valence-corrected chi connectivity index (χ4v) is 3.55. The summed E-state index contributed by atoms with van der Waals surface area (Å²) in [7, 11) is 0. The SMILES string of the molecule is O=C(/C=C\c1ccc(Cl)cc1Cl)Nc1ccc(NC(=O)/C=C/c2ccc(Cl)cc2Cl)cc1. The molecule has 2 amide bonds. The molecule has 0 fully saturated rings. The highest BCUT2D eigenvalue weighted by atomic mass is 35.5. The van der Waals surface area contributed by atoms with Crippen molar-refractivity contribution in [1.29, 1.82) is 0 Å². The number of halogens is 4. The maximum absolute atomic E-state index is 12.1. The lowest BCUT2D eigenvalue weighted by Gasteiger charge is -2.06. The number of rotatable bonds is 6. The molecule has 0 bridgehead atoms. The van der Waals surface area contributed by atoms with Crippen LogP contribution in [0.15, 0.2) is 72.8 Å². The van der Waals surface area contributed by atoms with E-state index in [1.807, 2.05) is 0 Å². The van der Waals surface area contributed by atoms with Gasteiger partial charge in [0.15, 0.2) is 0 Å². The Hall–Kier alpha value is -2.76. The van der Waals surface area contributed by atoms with Crippen LogP contribution in [-0.4, -0.2) is 11.8 Å². The molecule has 0 aromatic heterocycles. The quantitative estimate of drug-likeness (QED) is 0.339. The summed E-state index contributed by atoms with van der Waals surface area (Å²) in [6.45, 7) is 0. The molecule has 162 valence electrons. The van der Waals surface area contributed by atoms with Crippen LogP contribution in [0.5, 0.6) is 0 Å². The molecule has 0 aliphatic carbocycles. The van der Waals surface area contributed by atoms with Gasteiger partial charge in [-0.25, -0.2) is 0 Å². The molecular formula is C24H16Cl4N2O2. The minimum Gasteiger partial charge on any atom is -0.323 e. The van der Waals surface area contributed by atoms with Gasteiger partial charge in [0.05, 0.1) is 0 Å². The van der Waals surface area contributed by atoms with E-state index >= 15 is 0 Å². The number of nitrogens with one attached hydrogen (secondary N) is 2. The minimum atomic E-state index is -0.324. The van der Waals surface area contributed by atoms with Crippen molar-refractivity contribution in [2.75, 3.05) is 10.6 Å². The summed E-state index contributed by atoms with van der Waals surface area (Å²) in [6.07, 6.45) is 5.94. The van der Waals surface area contributed by atoms with Crippen molar-refractivity contribution in [3.8, 4) is 0 Å². The van der Waals surface area contributed by atoms with E-state index in [-0.39, 0.29) is 11.8 Å². The van der Waals surface area contributed by atoms with E-state index in [0.717, 1.165) is 0 Å². The van der Waals surface area contributed by atoms with Crippen LogP contribution in [0.2, 0.25) is 20.1 Å². The van der Waals surface area contributed by atoms with Crippen LogP contribution in [0.3, 0.4) is 0 Å². The first kappa shape index (κ1) is 23.9. The van der Waals surface area contributed by atoms with Crippen molar-refractivity contribution in [3.63, 3.8) is 0 Å². The van der Waals surface area contributed by atoms with Gasteiger partial charge in [0.1, 0.15) is 0 Å². The van der Waals surface area contributed by atoms with Crippen LogP contribution in [0.1, 0.15) is 11.1 Å². The molecule has 0 atom stereocenters. The maximum atomic E-state index is 12.1. The molecule has 0 radical (unpaired) electrons. The Labute approximate surface area is 205 Å². The first-order valence-corrected chi connectivity index (χ1v) is 10.8. The molecule has 0 saturated heterocycles. The zero-order chi connectivity index (χ0) is 23.1. The summed E-state index contributed by atoms with van der Waals surface area (Å²) in [5, 5.41) is 7.42. The second-order valence-electron chi connectivity index (χ2n) is 6.55. The number of amides is 2. The lowest BCUT2D eigenvalue weighted by molar-refractivity contribution is -0.112. The minimum absolute atomic E-state index is 0.324. The molecule has 0 heterocycles. The summed E-state index contributed by atoms with van der Waals surface area (Å²) in [5.41, 5.74) is 2.50. The first-order valence-electron chi connectivity index (χ1n) is 9.28. The van der Waals surface area contributed by atoms with Crippen LogP contribution in [0, 0.1) is 0 Å². The van der Waals surface area contributed by atoms with Gasteiger partial charge in [0, 0.05) is 43.6 Å². The first-order chi connectivity index (χ1) is 15.3. The summed E-state index contributed by atoms with van der Waals surface area (Å²) < 4.78 is 0. The van der Waals surface area contributed by atoms with Gasteiger partial charge in [-0.2, -0.15) is 0 Å². The molecule has 32 heavy (non-hydrogen) atoms. The van der Waals surface area contributed by atoms with Gasteiger partial charge >= 0.3 is 0 Å². The number of carbonyl (C=O) groups is 2. The van der Waals surface area contributed by atoms with Gasteiger partial charge in [0.2, 0.25) is 11.8 Å². The molecule has 4 nitrogen and oxygen atoms in total. The zero-order valence-corrected chi connectivity index (χ0v) is 19.4. The second kappa shape index (κ2) is 11.2. The highest BCUT2D eigenvalue weighted by molar-refractivity contribution is 6.36. The third kappa shape index (κ3) is 7.14. The molecule has 8 heteroatoms. The van der Waals surface area contributed by atoms with E-state index in [1.165, 1.54) is 12.2 Å². The normalized spacial score (nSPS) is 11.1. The Morgan fingerprint density at radius 2 is 0.969 bits per heavy atom. The van der Waals surface area contributed by atoms with Crippen LogP contribution < -0.4 is 10.6 Å². The third-order valence-corrected chi connectivity index (χ3v) is 5.30. The molecule has 3 aromatic carbocycles. The molecule has 0 spiro atoms. The number of anilines is 2. The van der Waals surface area contributed by atoms with Crippen molar-refractivity contribution in [3.05, 3.63) is 104 Å². The Morgan fingerprint density at radius 3 is 1.31 bits per heavy atom. The van der Waals surface area contributed by atoms with Gasteiger partial charge in [-0.1, -0.05) is 58.5 Å². The molecule has 2 N–H and O–H groups in total. The predicted octanol–water partition coefficient (Wildman–Crippen LogP) is 7.60. The predicted molar refractivity (Wildman–Crippen MR) is 135 cm³/mol. The topological polar surface area (TPSA) is 58.2 Å². The van der Waals surface area contributed by atoms with Crippen molar-refractivity contribution in [2.24, 2.45) is 0 Å². The lowest BCUT2D eigenvalue weighted by Crippen LogP contribution is -2.09. The summed E-state index contributed by atoms with van der Waals surface area (Å²) in [4.78, 5) is 24.3. The maximum Gasteiger partial charge on any atom is 0.248 e. The van der Waals surface area contributed by atoms with E-state index in [4.69, 9.17) is 46.4 Å². The average molecular weight is 506 g/mol. The van der Waals surface area contributed by atoms with E-state index in [1.54, 1.807) is 72.8 Å². The van der Waals surface area contributed by atoms with Gasteiger partial charge in [-0.15, -0.1) is 0 Å². The van der Waals surface area contributed by atoms with Crippen molar-refractivity contribution in [1.82, 2.24) is 0 Å². The number of hydrogen-bond acceptors (Lipinski definition) is 2. The molecule has 0 saturated carbocycles. The molecule has 0 aliphatic heterocycles. The Balaban J connectivity index is 1.55. The van der Waals surface area contributed by atoms with Gasteiger partial charge in [0.25, 0.3) is 0 Å². The van der Waals surface area contributed by atoms with E-state index in [9.17, 15) is 9.59 Å². The van der Waals surface area contributed by atoms with E-state index < -0.39 is 0 Å². The highest BCUT2D eigenvalue weighted by Crippen LogP contribution is 2.23. The fraction of sp³-hybridized carbons (Fsp3) is 0. The standard InChI is InChI=1S/C24H16Cl4N2O2/c25-17-5-1-15(21(27)13-17)3-11-23(31)29-19-7-9-20(10-8-19)30-24(32)12-4-16-2-6-18(26)14-22(16)28/h1-14H,(H,29,31)(H,30,32)/b11-3-,12-4+. The van der Waals surface area contributed by atoms with Crippen molar-refractivity contribution >= 4 is 81.7 Å². The zero-order valence-electron chi connectivity index (χ0n) is 16.4. The molecular weight excluding hydrogens is 490 g/mol. The number of hydrogen-bond donors (Lipinski definition) is 2. The van der Waals surface area contributed by atoms with Crippen LogP contribution >= 0.6 is 46.4 Å². The Kier molecular flexibility index (Phi) is 8.37. The monoisotopic (exact) mass is 504 g/mol. The van der Waals surface area contributed by atoms with Crippen molar-refractivity contribution < 1.29 is 9.59 Å². The number of benzene rings is 3. The lowest BCUT2D eigenvalue weighted by atomic mass is 10.2. The smallest absolute Gasteiger partial charge is 0.248 e. The summed E-state index contributed by atoms with van der Waals surface area (Å²) >= 11 is 23.9. The molecule has 3 aromatic rings. The third-order valence-electron chi connectivity index (χ3n) is 4.17. The fourth-order valence-electron chi connectivity index (χ4n) is 2.61. The van der Waals surface area contributed by atoms with Gasteiger partial charge < -0.3 is 10.6 Å². The average Bonchev–Trinajstić information content (AvgIpc) is 2.74.